The van der Waals surface area contributed by atoms with Crippen molar-refractivity contribution in [1.29, 1.82) is 0 Å². The molecule has 0 amide bonds. The van der Waals surface area contributed by atoms with Gasteiger partial charge in [0.2, 0.25) is 0 Å². The minimum Gasteiger partial charge on any atom is -0.381 e. The van der Waals surface area contributed by atoms with Crippen LogP contribution in [-0.2, 0) is 4.74 Å². The van der Waals surface area contributed by atoms with Crippen LogP contribution in [-0.4, -0.2) is 31.4 Å². The van der Waals surface area contributed by atoms with E-state index in [1.807, 2.05) is 0 Å². The van der Waals surface area contributed by atoms with E-state index in [0.29, 0.717) is 5.92 Å². The molecule has 1 aliphatic rings. The van der Waals surface area contributed by atoms with E-state index >= 15 is 0 Å². The Hall–Kier alpha value is -0.350. The van der Waals surface area contributed by atoms with Gasteiger partial charge in [0.25, 0.3) is 0 Å². The van der Waals surface area contributed by atoms with Crippen molar-refractivity contribution in [2.45, 2.75) is 32.6 Å². The van der Waals surface area contributed by atoms with Crippen molar-refractivity contribution in [2.75, 3.05) is 26.3 Å². The first-order valence-corrected chi connectivity index (χ1v) is 6.33. The first kappa shape index (κ1) is 12.7. The lowest BCUT2D eigenvalue weighted by Gasteiger charge is -2.23. The summed E-state index contributed by atoms with van der Waals surface area (Å²) in [6.07, 6.45) is 4.81. The molecule has 1 saturated heterocycles. The molecule has 0 aromatic rings. The molecule has 1 aliphatic heterocycles. The van der Waals surface area contributed by atoms with Gasteiger partial charge in [-0.2, -0.15) is 0 Å². The van der Waals surface area contributed by atoms with Crippen LogP contribution in [0, 0.1) is 5.92 Å². The van der Waals surface area contributed by atoms with Gasteiger partial charge in [0, 0.05) is 19.7 Å². The van der Waals surface area contributed by atoms with E-state index < -0.39 is 0 Å². The molecule has 0 radical (unpaired) electrons. The summed E-state index contributed by atoms with van der Waals surface area (Å²) in [5, 5.41) is 7.24. The maximum atomic E-state index is 5.41. The molecule has 1 heterocycles. The van der Waals surface area contributed by atoms with E-state index in [0.717, 1.165) is 31.4 Å². The van der Waals surface area contributed by atoms with Gasteiger partial charge >= 0.3 is 0 Å². The average Bonchev–Trinajstić information content (AvgIpc) is 2.28. The van der Waals surface area contributed by atoms with Crippen LogP contribution in [0.3, 0.4) is 0 Å². The SMILES string of the molecule is CCCCNC(=S)NCC1CCCOC1. The maximum Gasteiger partial charge on any atom is 0.166 e. The number of thiocarbonyl (C=S) groups is 1. The molecule has 3 nitrogen and oxygen atoms in total. The van der Waals surface area contributed by atoms with Gasteiger partial charge < -0.3 is 15.4 Å². The highest BCUT2D eigenvalue weighted by atomic mass is 32.1. The Morgan fingerprint density at radius 2 is 2.33 bits per heavy atom. The normalized spacial score (nSPS) is 21.0. The van der Waals surface area contributed by atoms with E-state index in [-0.39, 0.29) is 0 Å². The number of hydrogen-bond acceptors (Lipinski definition) is 2. The fourth-order valence-electron chi connectivity index (χ4n) is 1.65. The van der Waals surface area contributed by atoms with E-state index in [4.69, 9.17) is 17.0 Å². The van der Waals surface area contributed by atoms with Gasteiger partial charge in [-0.15, -0.1) is 0 Å². The second-order valence-corrected chi connectivity index (χ2v) is 4.48. The lowest BCUT2D eigenvalue weighted by Crippen LogP contribution is -2.40. The van der Waals surface area contributed by atoms with Crippen LogP contribution in [0.1, 0.15) is 32.6 Å². The fraction of sp³-hybridized carbons (Fsp3) is 0.909. The molecular weight excluding hydrogens is 208 g/mol. The molecule has 88 valence electrons. The highest BCUT2D eigenvalue weighted by Gasteiger charge is 2.13. The topological polar surface area (TPSA) is 33.3 Å². The predicted octanol–water partition coefficient (Wildman–Crippen LogP) is 1.68. The van der Waals surface area contributed by atoms with Crippen molar-refractivity contribution in [3.05, 3.63) is 0 Å². The zero-order valence-electron chi connectivity index (χ0n) is 9.55. The third-order valence-corrected chi connectivity index (χ3v) is 2.91. The summed E-state index contributed by atoms with van der Waals surface area (Å²) in [7, 11) is 0. The van der Waals surface area contributed by atoms with E-state index in [9.17, 15) is 0 Å². The van der Waals surface area contributed by atoms with Crippen LogP contribution >= 0.6 is 12.2 Å². The smallest absolute Gasteiger partial charge is 0.166 e. The minimum absolute atomic E-state index is 0.629. The summed E-state index contributed by atoms with van der Waals surface area (Å²) in [4.78, 5) is 0. The van der Waals surface area contributed by atoms with Crippen LogP contribution < -0.4 is 10.6 Å². The highest BCUT2D eigenvalue weighted by Crippen LogP contribution is 2.11. The Morgan fingerprint density at radius 1 is 1.47 bits per heavy atom. The molecule has 0 saturated carbocycles. The summed E-state index contributed by atoms with van der Waals surface area (Å²) in [5.41, 5.74) is 0. The van der Waals surface area contributed by atoms with Gasteiger partial charge in [-0.3, -0.25) is 0 Å². The van der Waals surface area contributed by atoms with Gasteiger partial charge in [-0.05, 0) is 37.4 Å². The zero-order chi connectivity index (χ0) is 10.9. The average molecular weight is 230 g/mol. The number of ether oxygens (including phenoxy) is 1. The standard InChI is InChI=1S/C11H22N2OS/c1-2-3-6-12-11(15)13-8-10-5-4-7-14-9-10/h10H,2-9H2,1H3,(H2,12,13,15). The third kappa shape index (κ3) is 5.95. The molecule has 4 heteroatoms. The van der Waals surface area contributed by atoms with Crippen LogP contribution in [0.15, 0.2) is 0 Å². The molecule has 0 spiro atoms. The zero-order valence-corrected chi connectivity index (χ0v) is 10.4. The quantitative estimate of drug-likeness (QED) is 0.556. The lowest BCUT2D eigenvalue weighted by molar-refractivity contribution is 0.0565. The maximum absolute atomic E-state index is 5.41. The monoisotopic (exact) mass is 230 g/mol. The van der Waals surface area contributed by atoms with Crippen molar-refractivity contribution in [1.82, 2.24) is 10.6 Å². The number of nitrogens with one attached hydrogen (secondary N) is 2. The van der Waals surface area contributed by atoms with Gasteiger partial charge in [-0.25, -0.2) is 0 Å². The molecule has 1 fully saturated rings. The minimum atomic E-state index is 0.629. The van der Waals surface area contributed by atoms with Crippen LogP contribution in [0.25, 0.3) is 0 Å². The molecule has 0 aliphatic carbocycles. The van der Waals surface area contributed by atoms with Gasteiger partial charge in [0.15, 0.2) is 5.11 Å². The van der Waals surface area contributed by atoms with Crippen LogP contribution in [0.2, 0.25) is 0 Å². The molecular formula is C11H22N2OS. The molecule has 2 N–H and O–H groups in total. The number of rotatable bonds is 5. The molecule has 0 aromatic carbocycles. The lowest BCUT2D eigenvalue weighted by atomic mass is 10.0. The van der Waals surface area contributed by atoms with Crippen molar-refractivity contribution < 1.29 is 4.74 Å². The van der Waals surface area contributed by atoms with Crippen LogP contribution in [0.4, 0.5) is 0 Å². The largest absolute Gasteiger partial charge is 0.381 e. The van der Waals surface area contributed by atoms with Gasteiger partial charge in [0.1, 0.15) is 0 Å². The first-order valence-electron chi connectivity index (χ1n) is 5.92. The fourth-order valence-corrected chi connectivity index (χ4v) is 1.83. The van der Waals surface area contributed by atoms with E-state index in [2.05, 4.69) is 17.6 Å². The highest BCUT2D eigenvalue weighted by molar-refractivity contribution is 7.80. The first-order chi connectivity index (χ1) is 7.33. The summed E-state index contributed by atoms with van der Waals surface area (Å²) < 4.78 is 5.41. The van der Waals surface area contributed by atoms with E-state index in [1.54, 1.807) is 0 Å². The predicted molar refractivity (Wildman–Crippen MR) is 67.1 cm³/mol. The van der Waals surface area contributed by atoms with Gasteiger partial charge in [-0.1, -0.05) is 13.3 Å². The number of unbranched alkanes of at least 4 members (excludes halogenated alkanes) is 1. The van der Waals surface area contributed by atoms with Crippen molar-refractivity contribution >= 4 is 17.3 Å². The molecule has 1 unspecified atom stereocenters. The van der Waals surface area contributed by atoms with E-state index in [1.165, 1.54) is 25.7 Å². The van der Waals surface area contributed by atoms with Crippen LogP contribution in [0.5, 0.6) is 0 Å². The Kier molecular flexibility index (Phi) is 6.68. The Morgan fingerprint density at radius 3 is 3.00 bits per heavy atom. The Bertz CT molecular complexity index is 181. The second-order valence-electron chi connectivity index (χ2n) is 4.07. The second kappa shape index (κ2) is 7.88. The Balaban J connectivity index is 2.00. The third-order valence-electron chi connectivity index (χ3n) is 2.62. The van der Waals surface area contributed by atoms with Gasteiger partial charge in [0.05, 0.1) is 6.61 Å². The molecule has 15 heavy (non-hydrogen) atoms. The summed E-state index contributed by atoms with van der Waals surface area (Å²) in [6.45, 7) is 5.90. The summed E-state index contributed by atoms with van der Waals surface area (Å²) >= 11 is 5.17. The molecule has 0 bridgehead atoms. The van der Waals surface area contributed by atoms with Crippen molar-refractivity contribution in [3.63, 3.8) is 0 Å². The summed E-state index contributed by atoms with van der Waals surface area (Å²) in [5.74, 6) is 0.629. The molecule has 1 atom stereocenters. The Labute approximate surface area is 98.0 Å². The summed E-state index contributed by atoms with van der Waals surface area (Å²) in [6, 6.07) is 0. The van der Waals surface area contributed by atoms with Crippen molar-refractivity contribution in [2.24, 2.45) is 5.92 Å². The molecule has 1 rings (SSSR count). The number of hydrogen-bond donors (Lipinski definition) is 2. The molecule has 0 aromatic heterocycles. The van der Waals surface area contributed by atoms with Crippen molar-refractivity contribution in [3.8, 4) is 0 Å².